The number of rotatable bonds is 10. The Bertz CT molecular complexity index is 237. The van der Waals surface area contributed by atoms with Gasteiger partial charge in [0, 0.05) is 6.43 Å². The van der Waals surface area contributed by atoms with Crippen molar-refractivity contribution < 1.29 is 47.5 Å². The molecule has 0 aromatic rings. The van der Waals surface area contributed by atoms with Gasteiger partial charge in [0.1, 0.15) is 12.7 Å². The molecule has 0 aromatic heterocycles. The van der Waals surface area contributed by atoms with Crippen LogP contribution in [0.25, 0.3) is 0 Å². The van der Waals surface area contributed by atoms with E-state index in [1.54, 1.807) is 6.92 Å². The van der Waals surface area contributed by atoms with Crippen LogP contribution in [-0.4, -0.2) is 71.8 Å². The summed E-state index contributed by atoms with van der Waals surface area (Å²) in [5.41, 5.74) is 0. The molecule has 0 aliphatic rings. The zero-order valence-electron chi connectivity index (χ0n) is 12.9. The van der Waals surface area contributed by atoms with Gasteiger partial charge in [0.05, 0.1) is 25.9 Å². The molecule has 0 saturated heterocycles. The van der Waals surface area contributed by atoms with Crippen LogP contribution < -0.4 is 0 Å². The Morgan fingerprint density at radius 3 is 1.87 bits per heavy atom. The quantitative estimate of drug-likeness (QED) is 0.185. The Hall–Kier alpha value is -2.52. The van der Waals surface area contributed by atoms with Gasteiger partial charge in [-0.2, -0.15) is 8.78 Å². The Kier molecular flexibility index (Phi) is 19.7. The monoisotopic (exact) mass is 859 g/mol. The van der Waals surface area contributed by atoms with Crippen LogP contribution in [0.1, 0.15) is 13.3 Å². The first kappa shape index (κ1) is 28.6. The van der Waals surface area contributed by atoms with Crippen molar-refractivity contribution >= 4 is 0 Å². The molecule has 0 bridgehead atoms. The summed E-state index contributed by atoms with van der Waals surface area (Å²) in [4.78, 5) is 0. The van der Waals surface area contributed by atoms with Crippen molar-refractivity contribution in [2.75, 3.05) is 33.0 Å². The van der Waals surface area contributed by atoms with Gasteiger partial charge in [-0.1, -0.05) is 6.92 Å². The second kappa shape index (κ2) is 15.9. The van der Waals surface area contributed by atoms with E-state index in [-0.39, 0.29) is 13.2 Å². The third kappa shape index (κ3) is 28.4. The van der Waals surface area contributed by atoms with Gasteiger partial charge in [0.25, 0.3) is 0 Å². The van der Waals surface area contributed by atoms with Crippen LogP contribution in [0.3, 0.4) is 0 Å². The molecule has 0 fully saturated rings. The Labute approximate surface area is 119 Å². The predicted octanol–water partition coefficient (Wildman–Crippen LogP) is 0.144. The minimum absolute atomic E-state index is 0. The fraction of sp³-hybridized carbons (Fsp3) is 0.909. The molecule has 0 radical (unpaired) electrons. The number of aliphatic hydroxyl groups is 4. The first-order chi connectivity index (χ1) is 9.62. The topological polar surface area (TPSA) is 99.4 Å². The number of aliphatic hydroxyl groups excluding tert-OH is 3. The van der Waals surface area contributed by atoms with Crippen molar-refractivity contribution in [1.82, 2.24) is 0 Å². The van der Waals surface area contributed by atoms with Crippen LogP contribution in [0.4, 0.5) is 17.6 Å². The second-order valence-electron chi connectivity index (χ2n) is 3.93. The molecule has 0 rings (SSSR count). The molecule has 0 aliphatic heterocycles. The smallest absolute Gasteiger partial charge is 0.376 e. The van der Waals surface area contributed by atoms with E-state index < -0.39 is 44.6 Å². The van der Waals surface area contributed by atoms with E-state index in [9.17, 15) is 17.6 Å². The van der Waals surface area contributed by atoms with Crippen LogP contribution in [0, 0.1) is 6.43 Å². The van der Waals surface area contributed by atoms with Crippen molar-refractivity contribution in [3.8, 4) is 0 Å². The van der Waals surface area contributed by atoms with Gasteiger partial charge >= 0.3 is 6.11 Å². The first-order valence-electron chi connectivity index (χ1n) is 6.01. The summed E-state index contributed by atoms with van der Waals surface area (Å²) in [6, 6.07) is 0. The fourth-order valence-corrected chi connectivity index (χ4v) is 0.760. The number of halogens is 4. The number of ether oxygens (including phenoxy) is 2. The number of hydrogen-bond donors (Lipinski definition) is 4. The van der Waals surface area contributed by atoms with Crippen molar-refractivity contribution in [1.29, 1.82) is 0 Å². The fourth-order valence-electron chi connectivity index (χ4n) is 0.760. The Morgan fingerprint density at radius 1 is 1.04 bits per heavy atom. The van der Waals surface area contributed by atoms with Crippen LogP contribution in [0.15, 0.2) is 0 Å². The number of hydrogen-bond acceptors (Lipinski definition) is 6. The maximum absolute atomic E-state index is 11.6. The van der Waals surface area contributed by atoms with Gasteiger partial charge in [-0.25, -0.2) is 0 Å². The molecule has 4 N–H and O–H groups in total. The molecule has 2 unspecified atom stereocenters. The van der Waals surface area contributed by atoms with E-state index >= 15 is 0 Å². The molecule has 23 heavy (non-hydrogen) atoms. The Morgan fingerprint density at radius 2 is 1.52 bits per heavy atom. The maximum Gasteiger partial charge on any atom is 0.376 e. The summed E-state index contributed by atoms with van der Waals surface area (Å²) in [5.74, 6) is 0. The molecular weight excluding hydrogens is 838 g/mol. The summed E-state index contributed by atoms with van der Waals surface area (Å²) in [7, 11) is 0. The molecule has 0 aliphatic carbocycles. The maximum atomic E-state index is 11.6. The van der Waals surface area contributed by atoms with Crippen LogP contribution in [0.5, 0.6) is 0 Å². The minimum Gasteiger partial charge on any atom is -0.419 e. The summed E-state index contributed by atoms with van der Waals surface area (Å²) in [5, 5.41) is 33.4. The average Bonchev–Trinajstić information content (AvgIpc) is 2.37. The molecule has 0 amide bonds. The molecule has 6 nitrogen and oxygen atoms in total. The Balaban J connectivity index is -0.000000145. The van der Waals surface area contributed by atoms with Gasteiger partial charge < -0.3 is 38.7 Å². The molecule has 12 heteroatoms. The van der Waals surface area contributed by atoms with E-state index in [2.05, 4.69) is 9.47 Å². The van der Waals surface area contributed by atoms with Crippen LogP contribution in [0.2, 0.25) is 0 Å². The average molecular weight is 859 g/mol. The summed E-state index contributed by atoms with van der Waals surface area (Å²) < 4.78 is 54.3. The summed E-state index contributed by atoms with van der Waals surface area (Å²) in [6.07, 6.45) is -7.01. The van der Waals surface area contributed by atoms with Crippen LogP contribution in [-0.2, 0) is 9.47 Å². The molecule has 0 heterocycles. The van der Waals surface area contributed by atoms with Gasteiger partial charge in [-0.15, -0.1) is 0 Å². The summed E-state index contributed by atoms with van der Waals surface area (Å²) >= 11 is 0. The van der Waals surface area contributed by atoms with E-state index in [0.29, 0.717) is 6.42 Å². The van der Waals surface area contributed by atoms with Gasteiger partial charge in [-0.05, 0) is 13.0 Å². The second-order valence-corrected chi connectivity index (χ2v) is 3.93. The van der Waals surface area contributed by atoms with Gasteiger partial charge in [0.15, 0.2) is 0 Å². The largest absolute Gasteiger partial charge is 0.419 e. The minimum atomic E-state index is -3.80. The third-order valence-corrected chi connectivity index (χ3v) is 1.79. The number of alkyl halides is 2. The SMILES string of the molecule is CCC(O)COCC(O)(F)F.OCC(O)COC[C-](F)F.[Rf].[Rf]. The van der Waals surface area contributed by atoms with E-state index in [1.165, 1.54) is 0 Å². The van der Waals surface area contributed by atoms with Crippen LogP contribution >= 0.6 is 0 Å². The third-order valence-electron chi connectivity index (χ3n) is 1.79. The zero-order valence-corrected chi connectivity index (χ0v) is 25.7. The molecule has 0 aromatic carbocycles. The molecular formula is C11H21F4O6Rf2-. The van der Waals surface area contributed by atoms with Crippen molar-refractivity contribution in [2.24, 2.45) is 0 Å². The molecule has 2 atom stereocenters. The predicted molar refractivity (Wildman–Crippen MR) is 63.7 cm³/mol. The molecule has 0 saturated carbocycles. The standard InChI is InChI=1S/C6H12F2O3.C5H9F2O3.2Rf/c1-2-5(9)3-11-4-6(7,8)10;6-5(7)3-10-2-4(9)1-8;;/h5,9-10H,2-4H2,1H3;4,8-9H,1-3H2;;/q;-1;;. The molecule has 134 valence electrons. The van der Waals surface area contributed by atoms with Gasteiger partial charge in [-0.3, -0.25) is 0 Å². The zero-order chi connectivity index (χ0) is 16.9. The van der Waals surface area contributed by atoms with Crippen molar-refractivity contribution in [3.63, 3.8) is 0 Å². The van der Waals surface area contributed by atoms with E-state index in [1.807, 2.05) is 0 Å². The molecule has 0 spiro atoms. The van der Waals surface area contributed by atoms with Gasteiger partial charge in [0.2, 0.25) is 0 Å². The normalized spacial score (nSPS) is 13.3. The summed E-state index contributed by atoms with van der Waals surface area (Å²) in [6.45, 7) is -1.07. The van der Waals surface area contributed by atoms with E-state index in [0.717, 1.165) is 0 Å². The van der Waals surface area contributed by atoms with Crippen molar-refractivity contribution in [2.45, 2.75) is 31.7 Å². The van der Waals surface area contributed by atoms with E-state index in [4.69, 9.17) is 20.4 Å². The van der Waals surface area contributed by atoms with Crippen molar-refractivity contribution in [3.05, 3.63) is 6.43 Å². The first-order valence-corrected chi connectivity index (χ1v) is 6.01.